The molecule has 1 fully saturated rings. The summed E-state index contributed by atoms with van der Waals surface area (Å²) in [5.74, 6) is 2.29. The van der Waals surface area contributed by atoms with Crippen LogP contribution in [0, 0.1) is 12.3 Å². The molecule has 1 rings (SSSR count). The summed E-state index contributed by atoms with van der Waals surface area (Å²) in [4.78, 5) is 0. The second kappa shape index (κ2) is 2.02. The standard InChI is InChI=1S/C7H10O2/c1-3-7(2,8)4-6-5-9-6/h1,6,8H,4-5H2,2H3. The van der Waals surface area contributed by atoms with Crippen LogP contribution in [0.1, 0.15) is 13.3 Å². The number of ether oxygens (including phenoxy) is 1. The monoisotopic (exact) mass is 126 g/mol. The van der Waals surface area contributed by atoms with Crippen LogP contribution in [0.25, 0.3) is 0 Å². The van der Waals surface area contributed by atoms with Crippen LogP contribution < -0.4 is 0 Å². The lowest BCUT2D eigenvalue weighted by Gasteiger charge is -2.12. The van der Waals surface area contributed by atoms with Crippen molar-refractivity contribution in [3.63, 3.8) is 0 Å². The Morgan fingerprint density at radius 1 is 2.00 bits per heavy atom. The van der Waals surface area contributed by atoms with E-state index in [9.17, 15) is 5.11 Å². The number of hydrogen-bond donors (Lipinski definition) is 1. The van der Waals surface area contributed by atoms with Crippen LogP contribution in [0.15, 0.2) is 0 Å². The lowest BCUT2D eigenvalue weighted by molar-refractivity contribution is 0.102. The van der Waals surface area contributed by atoms with Crippen molar-refractivity contribution in [2.45, 2.75) is 25.0 Å². The van der Waals surface area contributed by atoms with Gasteiger partial charge in [-0.2, -0.15) is 0 Å². The van der Waals surface area contributed by atoms with Crippen molar-refractivity contribution >= 4 is 0 Å². The van der Waals surface area contributed by atoms with E-state index in [0.717, 1.165) is 6.61 Å². The Bertz CT molecular complexity index is 139. The van der Waals surface area contributed by atoms with Crippen LogP contribution in [0.2, 0.25) is 0 Å². The van der Waals surface area contributed by atoms with Gasteiger partial charge in [0.25, 0.3) is 0 Å². The fourth-order valence-corrected chi connectivity index (χ4v) is 0.688. The van der Waals surface area contributed by atoms with E-state index in [1.807, 2.05) is 0 Å². The van der Waals surface area contributed by atoms with Gasteiger partial charge in [-0.15, -0.1) is 6.42 Å². The van der Waals surface area contributed by atoms with Gasteiger partial charge in [0.1, 0.15) is 5.60 Å². The number of terminal acetylenes is 1. The van der Waals surface area contributed by atoms with Gasteiger partial charge in [-0.3, -0.25) is 0 Å². The molecule has 2 atom stereocenters. The topological polar surface area (TPSA) is 32.8 Å². The SMILES string of the molecule is C#CC(C)(O)CC1CO1. The minimum atomic E-state index is -0.971. The van der Waals surface area contributed by atoms with Crippen LogP contribution in [0.4, 0.5) is 0 Å². The Labute approximate surface area is 54.8 Å². The molecule has 50 valence electrons. The van der Waals surface area contributed by atoms with Crippen molar-refractivity contribution in [1.29, 1.82) is 0 Å². The van der Waals surface area contributed by atoms with Gasteiger partial charge in [-0.25, -0.2) is 0 Å². The minimum absolute atomic E-state index is 0.205. The Morgan fingerprint density at radius 2 is 2.56 bits per heavy atom. The average Bonchev–Trinajstić information content (AvgIpc) is 2.50. The Kier molecular flexibility index (Phi) is 1.48. The third-order valence-electron chi connectivity index (χ3n) is 1.34. The summed E-state index contributed by atoms with van der Waals surface area (Å²) < 4.78 is 4.89. The zero-order valence-corrected chi connectivity index (χ0v) is 5.42. The Balaban J connectivity index is 2.32. The van der Waals surface area contributed by atoms with E-state index in [1.54, 1.807) is 6.92 Å². The molecule has 1 heterocycles. The first-order chi connectivity index (χ1) is 4.14. The molecule has 2 heteroatoms. The molecule has 1 aliphatic rings. The van der Waals surface area contributed by atoms with Crippen molar-refractivity contribution in [1.82, 2.24) is 0 Å². The summed E-state index contributed by atoms with van der Waals surface area (Å²) in [6.45, 7) is 2.37. The van der Waals surface area contributed by atoms with Gasteiger partial charge in [-0.1, -0.05) is 5.92 Å². The van der Waals surface area contributed by atoms with E-state index in [0.29, 0.717) is 6.42 Å². The van der Waals surface area contributed by atoms with E-state index < -0.39 is 5.60 Å². The molecule has 2 nitrogen and oxygen atoms in total. The van der Waals surface area contributed by atoms with Gasteiger partial charge < -0.3 is 9.84 Å². The lowest BCUT2D eigenvalue weighted by Crippen LogP contribution is -2.23. The molecular formula is C7H10O2. The quantitative estimate of drug-likeness (QED) is 0.422. The van der Waals surface area contributed by atoms with Crippen molar-refractivity contribution < 1.29 is 9.84 Å². The normalized spacial score (nSPS) is 30.6. The van der Waals surface area contributed by atoms with Crippen LogP contribution in [-0.2, 0) is 4.74 Å². The van der Waals surface area contributed by atoms with Gasteiger partial charge in [0.05, 0.1) is 12.7 Å². The molecule has 0 aliphatic carbocycles. The highest BCUT2D eigenvalue weighted by atomic mass is 16.6. The molecule has 0 aromatic rings. The van der Waals surface area contributed by atoms with Gasteiger partial charge in [0.15, 0.2) is 0 Å². The Hall–Kier alpha value is -0.520. The predicted octanol–water partition coefficient (Wildman–Crippen LogP) is 0.160. The van der Waals surface area contributed by atoms with Gasteiger partial charge in [-0.05, 0) is 6.92 Å². The minimum Gasteiger partial charge on any atom is -0.378 e. The Morgan fingerprint density at radius 3 is 2.89 bits per heavy atom. The number of hydrogen-bond acceptors (Lipinski definition) is 2. The zero-order chi connectivity index (χ0) is 6.91. The maximum atomic E-state index is 9.22. The summed E-state index contributed by atoms with van der Waals surface area (Å²) in [5.41, 5.74) is -0.971. The molecule has 2 unspecified atom stereocenters. The molecule has 0 bridgehead atoms. The predicted molar refractivity (Wildman–Crippen MR) is 33.8 cm³/mol. The lowest BCUT2D eigenvalue weighted by atomic mass is 10.0. The zero-order valence-electron chi connectivity index (χ0n) is 5.42. The molecule has 0 radical (unpaired) electrons. The molecular weight excluding hydrogens is 116 g/mol. The van der Waals surface area contributed by atoms with Crippen molar-refractivity contribution in [2.24, 2.45) is 0 Å². The first-order valence-corrected chi connectivity index (χ1v) is 2.96. The maximum Gasteiger partial charge on any atom is 0.125 e. The summed E-state index contributed by atoms with van der Waals surface area (Å²) in [6.07, 6.45) is 5.79. The van der Waals surface area contributed by atoms with Crippen LogP contribution in [0.5, 0.6) is 0 Å². The highest BCUT2D eigenvalue weighted by Gasteiger charge is 2.31. The second-order valence-electron chi connectivity index (χ2n) is 2.58. The molecule has 0 aromatic carbocycles. The van der Waals surface area contributed by atoms with E-state index in [4.69, 9.17) is 11.2 Å². The van der Waals surface area contributed by atoms with Crippen molar-refractivity contribution in [2.75, 3.05) is 6.61 Å². The molecule has 1 saturated heterocycles. The first kappa shape index (κ1) is 6.60. The fraction of sp³-hybridized carbons (Fsp3) is 0.714. The third-order valence-corrected chi connectivity index (χ3v) is 1.34. The highest BCUT2D eigenvalue weighted by Crippen LogP contribution is 2.21. The van der Waals surface area contributed by atoms with E-state index in [2.05, 4.69) is 5.92 Å². The average molecular weight is 126 g/mol. The van der Waals surface area contributed by atoms with E-state index in [-0.39, 0.29) is 6.10 Å². The largest absolute Gasteiger partial charge is 0.378 e. The van der Waals surface area contributed by atoms with E-state index >= 15 is 0 Å². The van der Waals surface area contributed by atoms with Crippen LogP contribution in [-0.4, -0.2) is 23.4 Å². The van der Waals surface area contributed by atoms with E-state index in [1.165, 1.54) is 0 Å². The maximum absolute atomic E-state index is 9.22. The molecule has 0 aromatic heterocycles. The molecule has 0 amide bonds. The molecule has 1 N–H and O–H groups in total. The number of rotatable bonds is 2. The third kappa shape index (κ3) is 2.05. The second-order valence-corrected chi connectivity index (χ2v) is 2.58. The molecule has 1 aliphatic heterocycles. The van der Waals surface area contributed by atoms with Gasteiger partial charge in [0.2, 0.25) is 0 Å². The fourth-order valence-electron chi connectivity index (χ4n) is 0.688. The first-order valence-electron chi connectivity index (χ1n) is 2.96. The van der Waals surface area contributed by atoms with Gasteiger partial charge >= 0.3 is 0 Å². The molecule has 0 saturated carbocycles. The molecule has 9 heavy (non-hydrogen) atoms. The number of epoxide rings is 1. The summed E-state index contributed by atoms with van der Waals surface area (Å²) in [7, 11) is 0. The van der Waals surface area contributed by atoms with Gasteiger partial charge in [0, 0.05) is 6.42 Å². The van der Waals surface area contributed by atoms with Crippen LogP contribution >= 0.6 is 0 Å². The number of aliphatic hydroxyl groups is 1. The van der Waals surface area contributed by atoms with Crippen LogP contribution in [0.3, 0.4) is 0 Å². The molecule has 0 spiro atoms. The summed E-state index contributed by atoms with van der Waals surface area (Å²) in [6, 6.07) is 0. The summed E-state index contributed by atoms with van der Waals surface area (Å²) in [5, 5.41) is 9.22. The van der Waals surface area contributed by atoms with Crippen molar-refractivity contribution in [3.05, 3.63) is 0 Å². The summed E-state index contributed by atoms with van der Waals surface area (Å²) >= 11 is 0. The smallest absolute Gasteiger partial charge is 0.125 e. The highest BCUT2D eigenvalue weighted by molar-refractivity contribution is 5.06. The van der Waals surface area contributed by atoms with Crippen molar-refractivity contribution in [3.8, 4) is 12.3 Å².